The second-order valence-electron chi connectivity index (χ2n) is 6.86. The number of piperidine rings is 1. The second kappa shape index (κ2) is 7.95. The Morgan fingerprint density at radius 2 is 1.86 bits per heavy atom. The summed E-state index contributed by atoms with van der Waals surface area (Å²) < 4.78 is 5.10. The lowest BCUT2D eigenvalue weighted by Crippen LogP contribution is -2.47. The van der Waals surface area contributed by atoms with Crippen molar-refractivity contribution in [1.82, 2.24) is 10.6 Å². The summed E-state index contributed by atoms with van der Waals surface area (Å²) in [6.45, 7) is 6.14. The third-order valence-electron chi connectivity index (χ3n) is 5.11. The summed E-state index contributed by atoms with van der Waals surface area (Å²) >= 11 is 0. The van der Waals surface area contributed by atoms with Crippen molar-refractivity contribution in [3.05, 3.63) is 0 Å². The van der Waals surface area contributed by atoms with Gasteiger partial charge in [0.25, 0.3) is 0 Å². The number of esters is 1. The Bertz CT molecular complexity index is 387. The Morgan fingerprint density at radius 1 is 1.23 bits per heavy atom. The molecule has 0 aromatic heterocycles. The van der Waals surface area contributed by atoms with Crippen LogP contribution in [0, 0.1) is 11.8 Å². The monoisotopic (exact) mass is 310 g/mol. The summed E-state index contributed by atoms with van der Waals surface area (Å²) in [7, 11) is 0. The van der Waals surface area contributed by atoms with Gasteiger partial charge in [0, 0.05) is 18.5 Å². The largest absolute Gasteiger partial charge is 0.464 e. The molecule has 2 fully saturated rings. The zero-order valence-electron chi connectivity index (χ0n) is 14.1. The van der Waals surface area contributed by atoms with Crippen LogP contribution in [0.2, 0.25) is 0 Å². The third-order valence-corrected chi connectivity index (χ3v) is 5.11. The first-order valence-electron chi connectivity index (χ1n) is 8.75. The molecule has 0 aromatic carbocycles. The molecule has 5 heteroatoms. The molecule has 0 radical (unpaired) electrons. The van der Waals surface area contributed by atoms with E-state index in [1.165, 1.54) is 12.8 Å². The molecule has 2 aliphatic rings. The van der Waals surface area contributed by atoms with Crippen molar-refractivity contribution in [2.24, 2.45) is 11.8 Å². The number of hydrogen-bond donors (Lipinski definition) is 2. The third kappa shape index (κ3) is 4.45. The summed E-state index contributed by atoms with van der Waals surface area (Å²) in [4.78, 5) is 24.4. The summed E-state index contributed by atoms with van der Waals surface area (Å²) in [6, 6.07) is 0.662. The normalized spacial score (nSPS) is 29.7. The van der Waals surface area contributed by atoms with Gasteiger partial charge in [-0.2, -0.15) is 0 Å². The molecular formula is C17H30N2O3. The molecule has 2 saturated heterocycles. The number of nitrogens with one attached hydrogen (secondary N) is 2. The van der Waals surface area contributed by atoms with Crippen molar-refractivity contribution in [3.63, 3.8) is 0 Å². The van der Waals surface area contributed by atoms with Gasteiger partial charge in [0.05, 0.1) is 6.61 Å². The van der Waals surface area contributed by atoms with Gasteiger partial charge in [0.15, 0.2) is 0 Å². The Hall–Kier alpha value is -1.10. The highest BCUT2D eigenvalue weighted by molar-refractivity contribution is 5.84. The number of rotatable bonds is 7. The van der Waals surface area contributed by atoms with Crippen LogP contribution in [-0.4, -0.2) is 36.6 Å². The minimum absolute atomic E-state index is 0.00958. The van der Waals surface area contributed by atoms with Crippen LogP contribution in [0.4, 0.5) is 0 Å². The van der Waals surface area contributed by atoms with E-state index in [2.05, 4.69) is 10.6 Å². The standard InChI is InChI=1S/C17H30N2O3/c1-4-11(3)16(17(21)22-5-2)19-15(20)10-12-8-13-6-7-14(9-12)18-13/h11-14,16,18H,4-10H2,1-3H3,(H,19,20). The maximum atomic E-state index is 12.3. The van der Waals surface area contributed by atoms with Crippen molar-refractivity contribution in [2.45, 2.75) is 77.4 Å². The van der Waals surface area contributed by atoms with Crippen molar-refractivity contribution in [2.75, 3.05) is 6.61 Å². The van der Waals surface area contributed by atoms with E-state index in [9.17, 15) is 9.59 Å². The minimum Gasteiger partial charge on any atom is -0.464 e. The van der Waals surface area contributed by atoms with Crippen LogP contribution in [0.25, 0.3) is 0 Å². The molecule has 2 aliphatic heterocycles. The highest BCUT2D eigenvalue weighted by atomic mass is 16.5. The van der Waals surface area contributed by atoms with Crippen molar-refractivity contribution >= 4 is 11.9 Å². The van der Waals surface area contributed by atoms with Crippen molar-refractivity contribution in [1.29, 1.82) is 0 Å². The van der Waals surface area contributed by atoms with Gasteiger partial charge in [-0.1, -0.05) is 20.3 Å². The molecule has 2 rings (SSSR count). The average Bonchev–Trinajstić information content (AvgIpc) is 2.83. The van der Waals surface area contributed by atoms with E-state index in [0.29, 0.717) is 31.0 Å². The number of hydrogen-bond acceptors (Lipinski definition) is 4. The number of carbonyl (C=O) groups excluding carboxylic acids is 2. The Balaban J connectivity index is 1.86. The summed E-state index contributed by atoms with van der Waals surface area (Å²) in [5.41, 5.74) is 0. The fourth-order valence-corrected chi connectivity index (χ4v) is 3.74. The number of amides is 1. The maximum Gasteiger partial charge on any atom is 0.328 e. The van der Waals surface area contributed by atoms with Gasteiger partial charge in [-0.05, 0) is 44.4 Å². The van der Waals surface area contributed by atoms with Crippen LogP contribution in [0.3, 0.4) is 0 Å². The van der Waals surface area contributed by atoms with Gasteiger partial charge < -0.3 is 15.4 Å². The Kier molecular flexibility index (Phi) is 6.24. The first-order chi connectivity index (χ1) is 10.5. The Morgan fingerprint density at radius 3 is 2.41 bits per heavy atom. The second-order valence-corrected chi connectivity index (χ2v) is 6.86. The molecule has 22 heavy (non-hydrogen) atoms. The van der Waals surface area contributed by atoms with Crippen LogP contribution in [0.15, 0.2) is 0 Å². The lowest BCUT2D eigenvalue weighted by molar-refractivity contribution is -0.149. The minimum atomic E-state index is -0.518. The summed E-state index contributed by atoms with van der Waals surface area (Å²) in [5, 5.41) is 6.51. The van der Waals surface area contributed by atoms with Gasteiger partial charge in [-0.15, -0.1) is 0 Å². The molecule has 0 spiro atoms. The summed E-state index contributed by atoms with van der Waals surface area (Å²) in [6.07, 6.45) is 6.00. The Labute approximate surface area is 133 Å². The molecule has 2 heterocycles. The van der Waals surface area contributed by atoms with Gasteiger partial charge in [-0.3, -0.25) is 4.79 Å². The SMILES string of the molecule is CCOC(=O)C(NC(=O)CC1CC2CCC(C1)N2)C(C)CC. The van der Waals surface area contributed by atoms with Crippen LogP contribution in [-0.2, 0) is 14.3 Å². The van der Waals surface area contributed by atoms with Crippen LogP contribution < -0.4 is 10.6 Å². The first kappa shape index (κ1) is 17.3. The van der Waals surface area contributed by atoms with E-state index in [4.69, 9.17) is 4.74 Å². The molecule has 2 bridgehead atoms. The van der Waals surface area contributed by atoms with Crippen LogP contribution in [0.1, 0.15) is 59.3 Å². The van der Waals surface area contributed by atoms with E-state index >= 15 is 0 Å². The molecule has 0 aromatic rings. The van der Waals surface area contributed by atoms with E-state index in [0.717, 1.165) is 19.3 Å². The molecule has 4 atom stereocenters. The average molecular weight is 310 g/mol. The summed E-state index contributed by atoms with van der Waals surface area (Å²) in [5.74, 6) is 0.214. The molecule has 0 saturated carbocycles. The molecule has 126 valence electrons. The van der Waals surface area contributed by atoms with Crippen LogP contribution >= 0.6 is 0 Å². The molecule has 1 amide bonds. The zero-order valence-corrected chi connectivity index (χ0v) is 14.1. The predicted molar refractivity (Wildman–Crippen MR) is 85.3 cm³/mol. The lowest BCUT2D eigenvalue weighted by Gasteiger charge is -2.29. The fourth-order valence-electron chi connectivity index (χ4n) is 3.74. The molecule has 0 aliphatic carbocycles. The highest BCUT2D eigenvalue weighted by Crippen LogP contribution is 2.32. The van der Waals surface area contributed by atoms with E-state index < -0.39 is 6.04 Å². The highest BCUT2D eigenvalue weighted by Gasteiger charge is 2.35. The van der Waals surface area contributed by atoms with E-state index in [1.54, 1.807) is 6.92 Å². The smallest absolute Gasteiger partial charge is 0.328 e. The molecule has 2 N–H and O–H groups in total. The molecular weight excluding hydrogens is 280 g/mol. The van der Waals surface area contributed by atoms with E-state index in [-0.39, 0.29) is 17.8 Å². The lowest BCUT2D eigenvalue weighted by atomic mass is 9.89. The van der Waals surface area contributed by atoms with Gasteiger partial charge in [0.1, 0.15) is 6.04 Å². The number of carbonyl (C=O) groups is 2. The van der Waals surface area contributed by atoms with Crippen LogP contribution in [0.5, 0.6) is 0 Å². The van der Waals surface area contributed by atoms with Crippen molar-refractivity contribution < 1.29 is 14.3 Å². The number of ether oxygens (including phenoxy) is 1. The predicted octanol–water partition coefficient (Wildman–Crippen LogP) is 2.00. The zero-order chi connectivity index (χ0) is 16.1. The quantitative estimate of drug-likeness (QED) is 0.706. The maximum absolute atomic E-state index is 12.3. The van der Waals surface area contributed by atoms with Crippen molar-refractivity contribution in [3.8, 4) is 0 Å². The van der Waals surface area contributed by atoms with Gasteiger partial charge in [-0.25, -0.2) is 4.79 Å². The van der Waals surface area contributed by atoms with Gasteiger partial charge >= 0.3 is 5.97 Å². The fraction of sp³-hybridized carbons (Fsp3) is 0.882. The molecule has 4 unspecified atom stereocenters. The van der Waals surface area contributed by atoms with E-state index in [1.807, 2.05) is 13.8 Å². The first-order valence-corrected chi connectivity index (χ1v) is 8.75. The number of fused-ring (bicyclic) bond motifs is 2. The molecule has 5 nitrogen and oxygen atoms in total. The topological polar surface area (TPSA) is 67.4 Å². The van der Waals surface area contributed by atoms with Gasteiger partial charge in [0.2, 0.25) is 5.91 Å².